The number of nitrogens with one attached hydrogen (secondary N) is 1. The molecular weight excluding hydrogens is 140 g/mol. The Kier molecular flexibility index (Phi) is 1.61. The van der Waals surface area contributed by atoms with Crippen molar-refractivity contribution in [2.45, 2.75) is 0 Å². The number of hydrogen-bond donors (Lipinski definition) is 2. The van der Waals surface area contributed by atoms with Gasteiger partial charge in [-0.3, -0.25) is 10.3 Å². The topological polar surface area (TPSA) is 64.4 Å². The van der Waals surface area contributed by atoms with Crippen LogP contribution in [0.2, 0.25) is 0 Å². The molecule has 0 atom stereocenters. The van der Waals surface area contributed by atoms with Crippen LogP contribution in [0.25, 0.3) is 0 Å². The molecule has 1 aliphatic heterocycles. The molecule has 4 nitrogen and oxygen atoms in total. The summed E-state index contributed by atoms with van der Waals surface area (Å²) in [4.78, 5) is 11.2. The molecule has 0 spiro atoms. The van der Waals surface area contributed by atoms with E-state index in [9.17, 15) is 4.79 Å². The number of amidine groups is 1. The van der Waals surface area contributed by atoms with E-state index >= 15 is 0 Å². The normalized spacial score (nSPS) is 18.7. The van der Waals surface area contributed by atoms with Crippen molar-refractivity contribution >= 4 is 23.0 Å². The van der Waals surface area contributed by atoms with Crippen LogP contribution in [-0.2, 0) is 0 Å². The van der Waals surface area contributed by atoms with Crippen molar-refractivity contribution in [3.8, 4) is 0 Å². The van der Waals surface area contributed by atoms with Gasteiger partial charge in [0, 0.05) is 12.3 Å². The van der Waals surface area contributed by atoms with Crippen molar-refractivity contribution in [1.82, 2.24) is 4.90 Å². The molecule has 0 aromatic heterocycles. The van der Waals surface area contributed by atoms with Crippen molar-refractivity contribution in [2.75, 3.05) is 12.3 Å². The number of nitrogens with zero attached hydrogens (tertiary/aromatic N) is 1. The second-order valence-corrected chi connectivity index (χ2v) is 2.67. The van der Waals surface area contributed by atoms with Crippen LogP contribution in [0.1, 0.15) is 0 Å². The molecule has 0 aliphatic carbocycles. The molecule has 1 aliphatic rings. The fraction of sp³-hybridized carbons (Fsp3) is 0.500. The Bertz CT molecular complexity index is 159. The van der Waals surface area contributed by atoms with Crippen molar-refractivity contribution in [3.63, 3.8) is 0 Å². The second kappa shape index (κ2) is 2.26. The average molecular weight is 146 g/mol. The largest absolute Gasteiger partial charge is 0.465 e. The zero-order valence-corrected chi connectivity index (χ0v) is 5.44. The predicted molar refractivity (Wildman–Crippen MR) is 34.9 cm³/mol. The summed E-state index contributed by atoms with van der Waals surface area (Å²) in [6.07, 6.45) is -1.02. The first-order valence-corrected chi connectivity index (χ1v) is 3.42. The van der Waals surface area contributed by atoms with Crippen molar-refractivity contribution < 1.29 is 9.90 Å². The highest BCUT2D eigenvalue weighted by Crippen LogP contribution is 2.15. The molecular formula is C4H6N2O2S. The number of rotatable bonds is 0. The summed E-state index contributed by atoms with van der Waals surface area (Å²) < 4.78 is 0. The molecule has 0 aromatic carbocycles. The van der Waals surface area contributed by atoms with Crippen LogP contribution in [0.3, 0.4) is 0 Å². The Balaban J connectivity index is 2.60. The summed E-state index contributed by atoms with van der Waals surface area (Å²) >= 11 is 1.26. The fourth-order valence-corrected chi connectivity index (χ4v) is 1.39. The summed E-state index contributed by atoms with van der Waals surface area (Å²) in [5.41, 5.74) is 0. The molecule has 1 heterocycles. The third-order valence-electron chi connectivity index (χ3n) is 1.03. The molecule has 0 bridgehead atoms. The summed E-state index contributed by atoms with van der Waals surface area (Å²) in [5, 5.41) is 15.5. The number of amides is 1. The van der Waals surface area contributed by atoms with E-state index in [2.05, 4.69) is 0 Å². The van der Waals surface area contributed by atoms with E-state index in [1.807, 2.05) is 0 Å². The van der Waals surface area contributed by atoms with E-state index < -0.39 is 6.09 Å². The van der Waals surface area contributed by atoms with Crippen LogP contribution < -0.4 is 0 Å². The van der Waals surface area contributed by atoms with Gasteiger partial charge >= 0.3 is 6.09 Å². The SMILES string of the molecule is N=C1SCCN1C(=O)O. The van der Waals surface area contributed by atoms with Crippen LogP contribution in [0.5, 0.6) is 0 Å². The minimum Gasteiger partial charge on any atom is -0.465 e. The first-order chi connectivity index (χ1) is 4.22. The molecule has 0 radical (unpaired) electrons. The van der Waals surface area contributed by atoms with E-state index in [1.54, 1.807) is 0 Å². The number of carboxylic acid groups (broad SMARTS) is 1. The van der Waals surface area contributed by atoms with Gasteiger partial charge in [-0.25, -0.2) is 4.79 Å². The van der Waals surface area contributed by atoms with E-state index in [4.69, 9.17) is 10.5 Å². The van der Waals surface area contributed by atoms with Crippen LogP contribution >= 0.6 is 11.8 Å². The molecule has 0 unspecified atom stereocenters. The average Bonchev–Trinajstić information content (AvgIpc) is 2.13. The highest BCUT2D eigenvalue weighted by Gasteiger charge is 2.22. The van der Waals surface area contributed by atoms with Gasteiger partial charge in [0.1, 0.15) is 0 Å². The van der Waals surface area contributed by atoms with Crippen molar-refractivity contribution in [2.24, 2.45) is 0 Å². The monoisotopic (exact) mass is 146 g/mol. The minimum absolute atomic E-state index is 0.141. The van der Waals surface area contributed by atoms with Crippen LogP contribution in [0.4, 0.5) is 4.79 Å². The van der Waals surface area contributed by atoms with Crippen LogP contribution in [0, 0.1) is 5.41 Å². The third kappa shape index (κ3) is 1.16. The highest BCUT2D eigenvalue weighted by atomic mass is 32.2. The Morgan fingerprint density at radius 2 is 2.56 bits per heavy atom. The van der Waals surface area contributed by atoms with Gasteiger partial charge in [-0.15, -0.1) is 0 Å². The first kappa shape index (κ1) is 6.41. The lowest BCUT2D eigenvalue weighted by molar-refractivity contribution is 0.172. The molecule has 0 saturated carbocycles. The van der Waals surface area contributed by atoms with Gasteiger partial charge in [-0.2, -0.15) is 0 Å². The Labute approximate surface area is 56.4 Å². The van der Waals surface area contributed by atoms with Gasteiger partial charge < -0.3 is 5.11 Å². The molecule has 1 fully saturated rings. The standard InChI is InChI=1S/C4H6N2O2S/c5-3-6(4(7)8)1-2-9-3/h5H,1-2H2,(H,7,8). The van der Waals surface area contributed by atoms with Gasteiger partial charge in [0.05, 0.1) is 0 Å². The number of thioether (sulfide) groups is 1. The zero-order valence-electron chi connectivity index (χ0n) is 4.63. The Morgan fingerprint density at radius 1 is 1.89 bits per heavy atom. The van der Waals surface area contributed by atoms with E-state index in [0.717, 1.165) is 4.90 Å². The predicted octanol–water partition coefficient (Wildman–Crippen LogP) is 0.648. The molecule has 50 valence electrons. The third-order valence-corrected chi connectivity index (χ3v) is 1.91. The van der Waals surface area contributed by atoms with Gasteiger partial charge in [0.2, 0.25) is 0 Å². The summed E-state index contributed by atoms with van der Waals surface area (Å²) in [7, 11) is 0. The summed E-state index contributed by atoms with van der Waals surface area (Å²) in [5.74, 6) is 0.713. The maximum atomic E-state index is 10.2. The molecule has 9 heavy (non-hydrogen) atoms. The van der Waals surface area contributed by atoms with Gasteiger partial charge in [0.15, 0.2) is 5.17 Å². The number of carbonyl (C=O) groups is 1. The van der Waals surface area contributed by atoms with Crippen molar-refractivity contribution in [3.05, 3.63) is 0 Å². The Hall–Kier alpha value is -0.710. The minimum atomic E-state index is -1.02. The van der Waals surface area contributed by atoms with E-state index in [1.165, 1.54) is 11.8 Å². The molecule has 1 rings (SSSR count). The molecule has 0 aromatic rings. The molecule has 2 N–H and O–H groups in total. The van der Waals surface area contributed by atoms with E-state index in [-0.39, 0.29) is 5.17 Å². The maximum absolute atomic E-state index is 10.2. The quantitative estimate of drug-likeness (QED) is 0.527. The number of hydrogen-bond acceptors (Lipinski definition) is 3. The van der Waals surface area contributed by atoms with Crippen LogP contribution in [-0.4, -0.2) is 33.6 Å². The van der Waals surface area contributed by atoms with E-state index in [0.29, 0.717) is 12.3 Å². The Morgan fingerprint density at radius 3 is 2.78 bits per heavy atom. The van der Waals surface area contributed by atoms with Crippen molar-refractivity contribution in [1.29, 1.82) is 5.41 Å². The van der Waals surface area contributed by atoms with Crippen LogP contribution in [0.15, 0.2) is 0 Å². The van der Waals surface area contributed by atoms with Gasteiger partial charge in [-0.05, 0) is 0 Å². The van der Waals surface area contributed by atoms with Gasteiger partial charge in [0.25, 0.3) is 0 Å². The molecule has 1 saturated heterocycles. The first-order valence-electron chi connectivity index (χ1n) is 2.43. The maximum Gasteiger partial charge on any atom is 0.413 e. The summed E-state index contributed by atoms with van der Waals surface area (Å²) in [6.45, 7) is 0.457. The lowest BCUT2D eigenvalue weighted by atomic mass is 10.7. The lowest BCUT2D eigenvalue weighted by Crippen LogP contribution is -2.29. The van der Waals surface area contributed by atoms with Gasteiger partial charge in [-0.1, -0.05) is 11.8 Å². The second-order valence-electron chi connectivity index (χ2n) is 1.59. The lowest BCUT2D eigenvalue weighted by Gasteiger charge is -2.07. The molecule has 1 amide bonds. The zero-order chi connectivity index (χ0) is 6.85. The smallest absolute Gasteiger partial charge is 0.413 e. The molecule has 5 heteroatoms. The summed E-state index contributed by atoms with van der Waals surface area (Å²) in [6, 6.07) is 0. The fourth-order valence-electron chi connectivity index (χ4n) is 0.596. The highest BCUT2D eigenvalue weighted by molar-refractivity contribution is 8.14.